The van der Waals surface area contributed by atoms with Crippen molar-refractivity contribution < 1.29 is 13.2 Å². The van der Waals surface area contributed by atoms with Gasteiger partial charge in [0.1, 0.15) is 11.5 Å². The number of rotatable bonds is 7. The van der Waals surface area contributed by atoms with Gasteiger partial charge in [-0.3, -0.25) is 9.52 Å². The van der Waals surface area contributed by atoms with E-state index in [2.05, 4.69) is 4.72 Å². The fraction of sp³-hybridized carbons (Fsp3) is 0.190. The first-order valence-electron chi connectivity index (χ1n) is 8.94. The van der Waals surface area contributed by atoms with Crippen LogP contribution in [0.4, 0.5) is 5.82 Å². The molecule has 0 saturated heterocycles. The number of carbonyl (C=O) groups is 1. The van der Waals surface area contributed by atoms with Crippen LogP contribution in [0.2, 0.25) is 0 Å². The Morgan fingerprint density at radius 2 is 1.64 bits per heavy atom. The van der Waals surface area contributed by atoms with Crippen LogP contribution in [-0.2, 0) is 16.6 Å². The van der Waals surface area contributed by atoms with Crippen molar-refractivity contribution in [2.75, 3.05) is 4.72 Å². The number of sulfonamides is 1. The highest BCUT2D eigenvalue weighted by Gasteiger charge is 2.19. The highest BCUT2D eigenvalue weighted by Crippen LogP contribution is 2.22. The molecule has 0 saturated carbocycles. The van der Waals surface area contributed by atoms with E-state index >= 15 is 0 Å². The summed E-state index contributed by atoms with van der Waals surface area (Å²) in [6.07, 6.45) is 0. The molecule has 6 nitrogen and oxygen atoms in total. The molecule has 2 aromatic carbocycles. The summed E-state index contributed by atoms with van der Waals surface area (Å²) in [5.41, 5.74) is 7.67. The quantitative estimate of drug-likeness (QED) is 0.638. The number of hydrogen-bond donors (Lipinski definition) is 2. The second-order valence-electron chi connectivity index (χ2n) is 6.87. The molecule has 146 valence electrons. The Morgan fingerprint density at radius 3 is 2.21 bits per heavy atom. The van der Waals surface area contributed by atoms with E-state index in [4.69, 9.17) is 5.73 Å². The molecule has 3 aromatic rings. The molecule has 3 N–H and O–H groups in total. The number of primary amides is 1. The molecule has 0 spiro atoms. The molecule has 0 unspecified atom stereocenters. The predicted octanol–water partition coefficient (Wildman–Crippen LogP) is 3.56. The molecule has 0 aliphatic carbocycles. The molecule has 1 heterocycles. The number of nitrogens with two attached hydrogens (primary N) is 1. The molecular formula is C21H23N3O3S. The third-order valence-electron chi connectivity index (χ3n) is 4.51. The van der Waals surface area contributed by atoms with Gasteiger partial charge in [0.2, 0.25) is 0 Å². The van der Waals surface area contributed by atoms with Crippen molar-refractivity contribution in [3.05, 3.63) is 83.6 Å². The smallest absolute Gasteiger partial charge is 0.265 e. The van der Waals surface area contributed by atoms with Gasteiger partial charge in [0.25, 0.3) is 15.9 Å². The summed E-state index contributed by atoms with van der Waals surface area (Å²) in [6, 6.07) is 19.3. The maximum Gasteiger partial charge on any atom is 0.265 e. The van der Waals surface area contributed by atoms with Crippen molar-refractivity contribution in [3.63, 3.8) is 0 Å². The van der Waals surface area contributed by atoms with Crippen LogP contribution in [0.1, 0.15) is 41.4 Å². The topological polar surface area (TPSA) is 94.2 Å². The first-order chi connectivity index (χ1) is 13.3. The molecule has 0 aliphatic rings. The Bertz CT molecular complexity index is 1070. The molecule has 28 heavy (non-hydrogen) atoms. The third-order valence-corrected chi connectivity index (χ3v) is 5.88. The van der Waals surface area contributed by atoms with Gasteiger partial charge in [-0.05, 0) is 41.3 Å². The minimum atomic E-state index is -3.81. The lowest BCUT2D eigenvalue weighted by Crippen LogP contribution is -2.21. The summed E-state index contributed by atoms with van der Waals surface area (Å²) >= 11 is 0. The van der Waals surface area contributed by atoms with Gasteiger partial charge >= 0.3 is 0 Å². The number of amides is 1. The summed E-state index contributed by atoms with van der Waals surface area (Å²) in [6.45, 7) is 4.41. The van der Waals surface area contributed by atoms with Gasteiger partial charge in [-0.25, -0.2) is 8.42 Å². The molecule has 0 aliphatic heterocycles. The molecule has 0 atom stereocenters. The first kappa shape index (κ1) is 19.7. The summed E-state index contributed by atoms with van der Waals surface area (Å²) in [5, 5.41) is 0. The zero-order valence-electron chi connectivity index (χ0n) is 15.8. The normalized spacial score (nSPS) is 11.5. The lowest BCUT2D eigenvalue weighted by molar-refractivity contribution is 0.0992. The molecule has 1 aromatic heterocycles. The van der Waals surface area contributed by atoms with Crippen molar-refractivity contribution >= 4 is 21.7 Å². The van der Waals surface area contributed by atoms with Crippen LogP contribution in [0.5, 0.6) is 0 Å². The van der Waals surface area contributed by atoms with Gasteiger partial charge in [0, 0.05) is 6.54 Å². The monoisotopic (exact) mass is 397 g/mol. The summed E-state index contributed by atoms with van der Waals surface area (Å²) in [5.74, 6) is -0.0285. The Balaban J connectivity index is 1.93. The molecule has 0 bridgehead atoms. The predicted molar refractivity (Wildman–Crippen MR) is 110 cm³/mol. The molecule has 0 fully saturated rings. The van der Waals surface area contributed by atoms with Crippen molar-refractivity contribution in [1.82, 2.24) is 4.57 Å². The van der Waals surface area contributed by atoms with Gasteiger partial charge in [0.15, 0.2) is 0 Å². The molecule has 1 amide bonds. The van der Waals surface area contributed by atoms with E-state index in [0.717, 1.165) is 11.1 Å². The number of nitrogens with zero attached hydrogens (tertiary/aromatic N) is 1. The van der Waals surface area contributed by atoms with Crippen LogP contribution >= 0.6 is 0 Å². The number of aromatic nitrogens is 1. The van der Waals surface area contributed by atoms with Crippen LogP contribution in [-0.4, -0.2) is 18.9 Å². The largest absolute Gasteiger partial charge is 0.364 e. The third kappa shape index (κ3) is 4.26. The second-order valence-corrected chi connectivity index (χ2v) is 8.55. The minimum absolute atomic E-state index is 0.157. The van der Waals surface area contributed by atoms with Crippen LogP contribution in [0, 0.1) is 0 Å². The van der Waals surface area contributed by atoms with Crippen molar-refractivity contribution in [3.8, 4) is 0 Å². The van der Waals surface area contributed by atoms with E-state index < -0.39 is 15.9 Å². The van der Waals surface area contributed by atoms with Crippen molar-refractivity contribution in [2.24, 2.45) is 5.73 Å². The first-order valence-corrected chi connectivity index (χ1v) is 10.4. The van der Waals surface area contributed by atoms with Gasteiger partial charge in [-0.15, -0.1) is 0 Å². The fourth-order valence-corrected chi connectivity index (χ4v) is 4.00. The second kappa shape index (κ2) is 7.90. The Kier molecular flexibility index (Phi) is 5.56. The fourth-order valence-electron chi connectivity index (χ4n) is 2.94. The maximum atomic E-state index is 12.8. The van der Waals surface area contributed by atoms with Gasteiger partial charge in [-0.1, -0.05) is 56.3 Å². The average Bonchev–Trinajstić information content (AvgIpc) is 3.04. The van der Waals surface area contributed by atoms with Gasteiger partial charge in [-0.2, -0.15) is 0 Å². The summed E-state index contributed by atoms with van der Waals surface area (Å²) in [4.78, 5) is 11.9. The molecular weight excluding hydrogens is 374 g/mol. The van der Waals surface area contributed by atoms with E-state index in [1.54, 1.807) is 34.9 Å². The Hall–Kier alpha value is -3.06. The van der Waals surface area contributed by atoms with Crippen molar-refractivity contribution in [2.45, 2.75) is 31.2 Å². The number of anilines is 1. The number of nitrogens with one attached hydrogen (secondary N) is 1. The zero-order valence-corrected chi connectivity index (χ0v) is 16.6. The van der Waals surface area contributed by atoms with Crippen LogP contribution in [0.3, 0.4) is 0 Å². The highest BCUT2D eigenvalue weighted by atomic mass is 32.2. The average molecular weight is 398 g/mol. The molecule has 0 radical (unpaired) electrons. The Labute approximate surface area is 165 Å². The van der Waals surface area contributed by atoms with E-state index in [9.17, 15) is 13.2 Å². The van der Waals surface area contributed by atoms with Gasteiger partial charge in [0.05, 0.1) is 4.90 Å². The standard InChI is InChI=1S/C21H23N3O3S/c1-15(2)17-8-10-18(11-9-17)28(26,27)23-20-13-12-19(21(22)25)24(20)14-16-6-4-3-5-7-16/h3-13,15,23H,14H2,1-2H3,(H2,22,25). The van der Waals surface area contributed by atoms with Crippen LogP contribution < -0.4 is 10.5 Å². The SMILES string of the molecule is CC(C)c1ccc(S(=O)(=O)Nc2ccc(C(N)=O)n2Cc2ccccc2)cc1. The van der Waals surface area contributed by atoms with Crippen LogP contribution in [0.25, 0.3) is 0 Å². The minimum Gasteiger partial charge on any atom is -0.364 e. The van der Waals surface area contributed by atoms with E-state index in [-0.39, 0.29) is 16.4 Å². The number of hydrogen-bond acceptors (Lipinski definition) is 3. The number of benzene rings is 2. The highest BCUT2D eigenvalue weighted by molar-refractivity contribution is 7.92. The summed E-state index contributed by atoms with van der Waals surface area (Å²) < 4.78 is 29.8. The Morgan fingerprint density at radius 1 is 1.00 bits per heavy atom. The summed E-state index contributed by atoms with van der Waals surface area (Å²) in [7, 11) is -3.81. The zero-order chi connectivity index (χ0) is 20.3. The lowest BCUT2D eigenvalue weighted by atomic mass is 10.0. The number of carbonyl (C=O) groups excluding carboxylic acids is 1. The van der Waals surface area contributed by atoms with E-state index in [0.29, 0.717) is 12.5 Å². The molecule has 3 rings (SSSR count). The maximum absolute atomic E-state index is 12.8. The van der Waals surface area contributed by atoms with Crippen molar-refractivity contribution in [1.29, 1.82) is 0 Å². The lowest BCUT2D eigenvalue weighted by Gasteiger charge is -2.14. The van der Waals surface area contributed by atoms with E-state index in [1.807, 2.05) is 44.2 Å². The van der Waals surface area contributed by atoms with E-state index in [1.165, 1.54) is 6.07 Å². The van der Waals surface area contributed by atoms with Crippen LogP contribution in [0.15, 0.2) is 71.6 Å². The molecule has 7 heteroatoms. The van der Waals surface area contributed by atoms with Gasteiger partial charge < -0.3 is 10.3 Å².